The number of ether oxygens (including phenoxy) is 2. The van der Waals surface area contributed by atoms with Gasteiger partial charge in [-0.2, -0.15) is 0 Å². The number of nitrogens with one attached hydrogen (secondary N) is 1. The molecule has 1 saturated carbocycles. The Kier molecular flexibility index (Phi) is 7.93. The van der Waals surface area contributed by atoms with Gasteiger partial charge in [0.15, 0.2) is 11.5 Å². The Morgan fingerprint density at radius 1 is 1.07 bits per heavy atom. The number of esters is 1. The number of phenols is 1. The molecular weight excluding hydrogens is 600 g/mol. The highest BCUT2D eigenvalue weighted by atomic mass is 32.2. The number of likely N-dealkylation sites (tertiary alicyclic amines) is 1. The van der Waals surface area contributed by atoms with Crippen LogP contribution in [0.4, 0.5) is 0 Å². The van der Waals surface area contributed by atoms with E-state index in [1.807, 2.05) is 36.4 Å². The van der Waals surface area contributed by atoms with Gasteiger partial charge in [-0.05, 0) is 79.3 Å². The molecule has 2 bridgehead atoms. The molecule has 3 aromatic carbocycles. The lowest BCUT2D eigenvalue weighted by Crippen LogP contribution is -2.79. The van der Waals surface area contributed by atoms with Crippen molar-refractivity contribution in [1.82, 2.24) is 9.62 Å². The van der Waals surface area contributed by atoms with Gasteiger partial charge >= 0.3 is 5.97 Å². The molecule has 1 saturated heterocycles. The normalized spacial score (nSPS) is 28.0. The first-order valence-corrected chi connectivity index (χ1v) is 18.2. The molecule has 2 fully saturated rings. The predicted molar refractivity (Wildman–Crippen MR) is 176 cm³/mol. The second-order valence-corrected chi connectivity index (χ2v) is 15.8. The van der Waals surface area contributed by atoms with Gasteiger partial charge in [0.1, 0.15) is 11.7 Å². The number of piperidine rings is 1. The number of aromatic hydroxyl groups is 1. The molecule has 3 aromatic rings. The minimum Gasteiger partial charge on any atom is -0.504 e. The van der Waals surface area contributed by atoms with E-state index in [2.05, 4.69) is 47.7 Å². The fourth-order valence-electron chi connectivity index (χ4n) is 9.19. The first kappa shape index (κ1) is 31.2. The monoisotopic (exact) mass is 644 g/mol. The van der Waals surface area contributed by atoms with Gasteiger partial charge in [-0.15, -0.1) is 0 Å². The van der Waals surface area contributed by atoms with Crippen LogP contribution in [0, 0.1) is 5.92 Å². The third-order valence-electron chi connectivity index (χ3n) is 10.8. The van der Waals surface area contributed by atoms with Crippen molar-refractivity contribution in [3.8, 4) is 11.5 Å². The molecule has 46 heavy (non-hydrogen) atoms. The van der Waals surface area contributed by atoms with Crippen LogP contribution in [0.15, 0.2) is 66.7 Å². The molecule has 0 unspecified atom stereocenters. The van der Waals surface area contributed by atoms with E-state index >= 15 is 0 Å². The van der Waals surface area contributed by atoms with Crippen LogP contribution >= 0.6 is 0 Å². The number of carbonyl (C=O) groups excluding carboxylic acids is 1. The minimum atomic E-state index is -3.77. The van der Waals surface area contributed by atoms with Crippen LogP contribution in [0.25, 0.3) is 0 Å². The van der Waals surface area contributed by atoms with Crippen LogP contribution in [0.5, 0.6) is 11.5 Å². The lowest BCUT2D eigenvalue weighted by atomic mass is 9.48. The summed E-state index contributed by atoms with van der Waals surface area (Å²) in [5.41, 5.74) is 3.33. The number of phenolic OH excluding ortho intramolecular Hbond substituents is 1. The zero-order valence-electron chi connectivity index (χ0n) is 26.9. The van der Waals surface area contributed by atoms with Gasteiger partial charge in [0.25, 0.3) is 0 Å². The first-order valence-electron chi connectivity index (χ1n) is 16.6. The van der Waals surface area contributed by atoms with Crippen molar-refractivity contribution in [2.75, 3.05) is 13.1 Å². The average Bonchev–Trinajstić information content (AvgIpc) is 3.36. The van der Waals surface area contributed by atoms with Crippen LogP contribution in [-0.2, 0) is 50.0 Å². The van der Waals surface area contributed by atoms with Gasteiger partial charge in [0.05, 0.1) is 23.3 Å². The van der Waals surface area contributed by atoms with Gasteiger partial charge < -0.3 is 14.6 Å². The topological polar surface area (TPSA) is 105 Å². The average molecular weight is 645 g/mol. The highest BCUT2D eigenvalue weighted by molar-refractivity contribution is 7.88. The number of rotatable bonds is 10. The second kappa shape index (κ2) is 11.7. The summed E-state index contributed by atoms with van der Waals surface area (Å²) in [4.78, 5) is 15.4. The maximum atomic E-state index is 13.9. The van der Waals surface area contributed by atoms with Crippen LogP contribution < -0.4 is 9.46 Å². The van der Waals surface area contributed by atoms with E-state index in [9.17, 15) is 18.3 Å². The van der Waals surface area contributed by atoms with Gasteiger partial charge in [-0.1, -0.05) is 74.5 Å². The molecule has 8 nitrogen and oxygen atoms in total. The Labute approximate surface area is 272 Å². The van der Waals surface area contributed by atoms with E-state index in [1.165, 1.54) is 12.5 Å². The molecule has 2 aliphatic carbocycles. The van der Waals surface area contributed by atoms with Gasteiger partial charge in [0.2, 0.25) is 10.0 Å². The lowest BCUT2D eigenvalue weighted by Gasteiger charge is -2.65. The van der Waals surface area contributed by atoms with Crippen LogP contribution in [0.3, 0.4) is 0 Å². The molecular formula is C37H44N2O6S. The van der Waals surface area contributed by atoms with E-state index in [1.54, 1.807) is 6.07 Å². The van der Waals surface area contributed by atoms with E-state index in [0.717, 1.165) is 48.2 Å². The Morgan fingerprint density at radius 2 is 1.80 bits per heavy atom. The van der Waals surface area contributed by atoms with E-state index in [-0.39, 0.29) is 23.5 Å². The largest absolute Gasteiger partial charge is 0.504 e. The van der Waals surface area contributed by atoms with E-state index < -0.39 is 33.2 Å². The van der Waals surface area contributed by atoms with Gasteiger partial charge in [0, 0.05) is 19.0 Å². The highest BCUT2D eigenvalue weighted by Gasteiger charge is 2.75. The summed E-state index contributed by atoms with van der Waals surface area (Å²) in [6, 6.07) is 21.1. The number of sulfonamides is 1. The van der Waals surface area contributed by atoms with E-state index in [4.69, 9.17) is 9.47 Å². The summed E-state index contributed by atoms with van der Waals surface area (Å²) in [6.45, 7) is 7.28. The summed E-state index contributed by atoms with van der Waals surface area (Å²) in [7, 11) is -3.77. The van der Waals surface area contributed by atoms with Crippen LogP contribution in [0.2, 0.25) is 0 Å². The second-order valence-electron chi connectivity index (χ2n) is 14.1. The summed E-state index contributed by atoms with van der Waals surface area (Å²) < 4.78 is 44.0. The number of carbonyl (C=O) groups is 1. The fraction of sp³-hybridized carbons (Fsp3) is 0.486. The van der Waals surface area contributed by atoms with Crippen molar-refractivity contribution in [2.24, 2.45) is 5.92 Å². The molecule has 2 N–H and O–H groups in total. The van der Waals surface area contributed by atoms with Crippen molar-refractivity contribution in [3.63, 3.8) is 0 Å². The molecule has 0 radical (unpaired) electrons. The number of hydrogen-bond donors (Lipinski definition) is 2. The molecule has 9 heteroatoms. The number of hydrogen-bond acceptors (Lipinski definition) is 7. The Balaban J connectivity index is 1.25. The highest BCUT2D eigenvalue weighted by Crippen LogP contribution is 2.66. The molecule has 4 aliphatic rings. The van der Waals surface area contributed by atoms with Crippen molar-refractivity contribution in [2.45, 2.75) is 94.3 Å². The summed E-state index contributed by atoms with van der Waals surface area (Å²) in [5.74, 6) is 0.359. The Hall–Kier alpha value is -3.40. The summed E-state index contributed by atoms with van der Waals surface area (Å²) in [5, 5.41) is 11.1. The molecule has 5 atom stereocenters. The molecule has 7 rings (SSSR count). The van der Waals surface area contributed by atoms with Crippen molar-refractivity contribution in [3.05, 3.63) is 94.5 Å². The SMILES string of the molecule is CC(=O)O[C@@]12CC[C@H](NS(=O)(=O)Cc3ccccc3CC(C)C)[C@@H]3Oc4c(O)ccc5c4[C@@]31CCN(CCc1ccccc1)[C@@H]2C5. The number of nitrogens with zero attached hydrogens (tertiary/aromatic N) is 1. The maximum absolute atomic E-state index is 13.9. The molecule has 0 amide bonds. The van der Waals surface area contributed by atoms with Gasteiger partial charge in [-0.3, -0.25) is 9.69 Å². The summed E-state index contributed by atoms with van der Waals surface area (Å²) in [6.07, 6.45) is 3.25. The molecule has 1 spiro atoms. The number of benzene rings is 3. The molecule has 2 aliphatic heterocycles. The zero-order valence-corrected chi connectivity index (χ0v) is 27.7. The Morgan fingerprint density at radius 3 is 2.54 bits per heavy atom. The van der Waals surface area contributed by atoms with E-state index in [0.29, 0.717) is 37.4 Å². The van der Waals surface area contributed by atoms with Crippen molar-refractivity contribution < 1.29 is 27.8 Å². The minimum absolute atomic E-state index is 0.0356. The quantitative estimate of drug-likeness (QED) is 0.298. The Bertz CT molecular complexity index is 1740. The van der Waals surface area contributed by atoms with Crippen LogP contribution in [0.1, 0.15) is 67.9 Å². The molecule has 0 aromatic heterocycles. The standard InChI is InChI=1S/C37H44N2O6S/c1-24(2)21-27-11-7-8-12-29(27)23-46(42,43)38-30-15-17-37(45-25(3)40)32-22-28-13-14-31(41)34-33(28)36(37,35(30)44-34)18-20-39(32)19-16-26-9-5-4-6-10-26/h4-14,24,30,32,35,38,41H,15-23H2,1-3H3/t30-,32+,35-,36-,37+/m0/s1. The van der Waals surface area contributed by atoms with Crippen molar-refractivity contribution in [1.29, 1.82) is 0 Å². The van der Waals surface area contributed by atoms with Gasteiger partial charge in [-0.25, -0.2) is 13.1 Å². The third-order valence-corrected chi connectivity index (χ3v) is 12.2. The fourth-order valence-corrected chi connectivity index (χ4v) is 10.7. The predicted octanol–water partition coefficient (Wildman–Crippen LogP) is 5.05. The molecule has 244 valence electrons. The lowest BCUT2D eigenvalue weighted by molar-refractivity contribution is -0.218. The first-order chi connectivity index (χ1) is 22.0. The molecule has 2 heterocycles. The maximum Gasteiger partial charge on any atom is 0.303 e. The van der Waals surface area contributed by atoms with Crippen molar-refractivity contribution >= 4 is 16.0 Å². The summed E-state index contributed by atoms with van der Waals surface area (Å²) >= 11 is 0. The third kappa shape index (κ3) is 5.11. The zero-order chi connectivity index (χ0) is 32.3. The smallest absolute Gasteiger partial charge is 0.303 e. The van der Waals surface area contributed by atoms with Crippen LogP contribution in [-0.4, -0.2) is 61.3 Å².